The molecule has 0 amide bonds. The molecule has 6 nitrogen and oxygen atoms in total. The van der Waals surface area contributed by atoms with Crippen LogP contribution in [0.5, 0.6) is 0 Å². The largest absolute Gasteiger partial charge is 0.478 e. The lowest BCUT2D eigenvalue weighted by molar-refractivity contribution is 0.0699. The van der Waals surface area contributed by atoms with Gasteiger partial charge in [0.1, 0.15) is 17.4 Å². The van der Waals surface area contributed by atoms with Crippen LogP contribution in [0.15, 0.2) is 36.7 Å². The van der Waals surface area contributed by atoms with Crippen molar-refractivity contribution in [2.24, 2.45) is 0 Å². The van der Waals surface area contributed by atoms with Gasteiger partial charge in [-0.05, 0) is 25.1 Å². The zero-order chi connectivity index (χ0) is 13.4. The quantitative estimate of drug-likeness (QED) is 0.751. The first-order valence-electron chi connectivity index (χ1n) is 5.88. The van der Waals surface area contributed by atoms with Gasteiger partial charge >= 0.3 is 5.97 Å². The maximum atomic E-state index is 11.2. The molecule has 0 radical (unpaired) electrons. The Balaban J connectivity index is 2.12. The first-order valence-corrected chi connectivity index (χ1v) is 5.88. The second kappa shape index (κ2) is 4.24. The third-order valence-corrected chi connectivity index (χ3v) is 3.08. The summed E-state index contributed by atoms with van der Waals surface area (Å²) in [6.07, 6.45) is 3.54. The van der Waals surface area contributed by atoms with Crippen LogP contribution in [-0.2, 0) is 0 Å². The van der Waals surface area contributed by atoms with Crippen molar-refractivity contribution in [3.8, 4) is 0 Å². The standard InChI is InChI=1S/C13H12N4O2/c1-8(17-7-3-6-14-17)12-15-10-5-2-4-9(13(18)19)11(10)16-12/h2-8H,1H3,(H,15,16)(H,18,19). The molecule has 2 N–H and O–H groups in total. The lowest BCUT2D eigenvalue weighted by Gasteiger charge is -2.08. The fraction of sp³-hybridized carbons (Fsp3) is 0.154. The Kier molecular flexibility index (Phi) is 2.56. The van der Waals surface area contributed by atoms with Gasteiger partial charge in [0.25, 0.3) is 0 Å². The molecule has 0 saturated carbocycles. The maximum Gasteiger partial charge on any atom is 0.337 e. The van der Waals surface area contributed by atoms with Crippen LogP contribution in [0.25, 0.3) is 11.0 Å². The number of imidazole rings is 1. The topological polar surface area (TPSA) is 83.8 Å². The number of benzene rings is 1. The number of para-hydroxylation sites is 1. The van der Waals surface area contributed by atoms with Gasteiger partial charge in [-0.1, -0.05) is 6.07 Å². The highest BCUT2D eigenvalue weighted by Crippen LogP contribution is 2.21. The minimum Gasteiger partial charge on any atom is -0.478 e. The van der Waals surface area contributed by atoms with Crippen molar-refractivity contribution in [3.05, 3.63) is 48.0 Å². The Bertz CT molecular complexity index is 730. The van der Waals surface area contributed by atoms with Gasteiger partial charge in [0.2, 0.25) is 0 Å². The number of carboxylic acid groups (broad SMARTS) is 1. The molecule has 1 unspecified atom stereocenters. The highest BCUT2D eigenvalue weighted by atomic mass is 16.4. The SMILES string of the molecule is CC(c1nc2c(C(=O)O)cccc2[nH]1)n1cccn1. The number of carboxylic acids is 1. The summed E-state index contributed by atoms with van der Waals surface area (Å²) in [7, 11) is 0. The summed E-state index contributed by atoms with van der Waals surface area (Å²) in [5.41, 5.74) is 1.39. The van der Waals surface area contributed by atoms with Crippen molar-refractivity contribution < 1.29 is 9.90 Å². The van der Waals surface area contributed by atoms with Crippen LogP contribution in [0, 0.1) is 0 Å². The fourth-order valence-electron chi connectivity index (χ4n) is 2.06. The lowest BCUT2D eigenvalue weighted by Crippen LogP contribution is -2.08. The third kappa shape index (κ3) is 1.87. The van der Waals surface area contributed by atoms with E-state index < -0.39 is 5.97 Å². The van der Waals surface area contributed by atoms with Crippen molar-refractivity contribution >= 4 is 17.0 Å². The van der Waals surface area contributed by atoms with E-state index in [1.54, 1.807) is 23.0 Å². The van der Waals surface area contributed by atoms with Crippen LogP contribution in [0.1, 0.15) is 29.1 Å². The van der Waals surface area contributed by atoms with Crippen LogP contribution in [0.2, 0.25) is 0 Å². The number of fused-ring (bicyclic) bond motifs is 1. The summed E-state index contributed by atoms with van der Waals surface area (Å²) in [5, 5.41) is 13.3. The number of carbonyl (C=O) groups is 1. The number of hydrogen-bond acceptors (Lipinski definition) is 3. The van der Waals surface area contributed by atoms with Crippen LogP contribution in [-0.4, -0.2) is 30.8 Å². The Morgan fingerprint density at radius 2 is 2.26 bits per heavy atom. The molecule has 0 fully saturated rings. The van der Waals surface area contributed by atoms with Gasteiger partial charge in [0, 0.05) is 12.4 Å². The van der Waals surface area contributed by atoms with Gasteiger partial charge in [-0.2, -0.15) is 5.10 Å². The van der Waals surface area contributed by atoms with Crippen molar-refractivity contribution in [3.63, 3.8) is 0 Å². The van der Waals surface area contributed by atoms with E-state index in [1.165, 1.54) is 0 Å². The molecule has 1 atom stereocenters. The monoisotopic (exact) mass is 256 g/mol. The molecule has 0 saturated heterocycles. The predicted octanol–water partition coefficient (Wildman–Crippen LogP) is 2.07. The second-order valence-corrected chi connectivity index (χ2v) is 4.29. The highest BCUT2D eigenvalue weighted by molar-refractivity contribution is 6.00. The van der Waals surface area contributed by atoms with Crippen LogP contribution in [0.3, 0.4) is 0 Å². The first-order chi connectivity index (χ1) is 9.16. The van der Waals surface area contributed by atoms with Gasteiger partial charge in [-0.3, -0.25) is 4.68 Å². The van der Waals surface area contributed by atoms with Gasteiger partial charge in [-0.15, -0.1) is 0 Å². The molecular weight excluding hydrogens is 244 g/mol. The average molecular weight is 256 g/mol. The van der Waals surface area contributed by atoms with E-state index in [1.807, 2.05) is 25.3 Å². The molecule has 6 heteroatoms. The number of hydrogen-bond donors (Lipinski definition) is 2. The number of nitrogens with one attached hydrogen (secondary N) is 1. The molecule has 1 aromatic carbocycles. The predicted molar refractivity (Wildman–Crippen MR) is 69.1 cm³/mol. The first kappa shape index (κ1) is 11.5. The molecule has 0 bridgehead atoms. The van der Waals surface area contributed by atoms with Crippen LogP contribution >= 0.6 is 0 Å². The minimum atomic E-state index is -0.976. The smallest absolute Gasteiger partial charge is 0.337 e. The van der Waals surface area contributed by atoms with Gasteiger partial charge in [-0.25, -0.2) is 9.78 Å². The Hall–Kier alpha value is -2.63. The second-order valence-electron chi connectivity index (χ2n) is 4.29. The molecule has 19 heavy (non-hydrogen) atoms. The van der Waals surface area contributed by atoms with E-state index >= 15 is 0 Å². The molecule has 0 aliphatic carbocycles. The number of aromatic nitrogens is 4. The number of nitrogens with zero attached hydrogens (tertiary/aromatic N) is 3. The molecule has 2 heterocycles. The average Bonchev–Trinajstić information content (AvgIpc) is 3.06. The zero-order valence-electron chi connectivity index (χ0n) is 10.2. The van der Waals surface area contributed by atoms with Crippen molar-refractivity contribution in [1.29, 1.82) is 0 Å². The molecule has 0 spiro atoms. The van der Waals surface area contributed by atoms with E-state index in [-0.39, 0.29) is 11.6 Å². The zero-order valence-corrected chi connectivity index (χ0v) is 10.2. The highest BCUT2D eigenvalue weighted by Gasteiger charge is 2.16. The Labute approximate surface area is 108 Å². The normalized spacial score (nSPS) is 12.7. The van der Waals surface area contributed by atoms with Gasteiger partial charge in [0.15, 0.2) is 0 Å². The van der Waals surface area contributed by atoms with E-state index in [4.69, 9.17) is 5.11 Å². The molecule has 3 rings (SSSR count). The third-order valence-electron chi connectivity index (χ3n) is 3.08. The van der Waals surface area contributed by atoms with Gasteiger partial charge < -0.3 is 10.1 Å². The summed E-state index contributed by atoms with van der Waals surface area (Å²) in [4.78, 5) is 18.7. The lowest BCUT2D eigenvalue weighted by atomic mass is 10.2. The molecule has 0 aliphatic rings. The summed E-state index contributed by atoms with van der Waals surface area (Å²) in [6, 6.07) is 6.82. The van der Waals surface area contributed by atoms with Gasteiger partial charge in [0.05, 0.1) is 11.1 Å². The van der Waals surface area contributed by atoms with E-state index in [0.29, 0.717) is 16.9 Å². The Morgan fingerprint density at radius 3 is 2.95 bits per heavy atom. The molecule has 2 aromatic heterocycles. The van der Waals surface area contributed by atoms with Crippen LogP contribution < -0.4 is 0 Å². The Morgan fingerprint density at radius 1 is 1.42 bits per heavy atom. The minimum absolute atomic E-state index is 0.0796. The van der Waals surface area contributed by atoms with E-state index in [0.717, 1.165) is 0 Å². The van der Waals surface area contributed by atoms with Crippen molar-refractivity contribution in [1.82, 2.24) is 19.7 Å². The maximum absolute atomic E-state index is 11.2. The molecule has 96 valence electrons. The van der Waals surface area contributed by atoms with Crippen LogP contribution in [0.4, 0.5) is 0 Å². The van der Waals surface area contributed by atoms with E-state index in [2.05, 4.69) is 15.1 Å². The molecular formula is C13H12N4O2. The number of H-pyrrole nitrogens is 1. The molecule has 3 aromatic rings. The number of rotatable bonds is 3. The van der Waals surface area contributed by atoms with Crippen molar-refractivity contribution in [2.45, 2.75) is 13.0 Å². The summed E-state index contributed by atoms with van der Waals surface area (Å²) in [5.74, 6) is -0.289. The number of aromatic amines is 1. The summed E-state index contributed by atoms with van der Waals surface area (Å²) in [6.45, 7) is 1.95. The van der Waals surface area contributed by atoms with E-state index in [9.17, 15) is 4.79 Å². The van der Waals surface area contributed by atoms with Crippen molar-refractivity contribution in [2.75, 3.05) is 0 Å². The number of aromatic carboxylic acids is 1. The summed E-state index contributed by atoms with van der Waals surface area (Å²) >= 11 is 0. The fourth-order valence-corrected chi connectivity index (χ4v) is 2.06. The molecule has 0 aliphatic heterocycles. The summed E-state index contributed by atoms with van der Waals surface area (Å²) < 4.78 is 1.76.